The molecule has 8 heteroatoms. The molecule has 0 radical (unpaired) electrons. The zero-order valence-electron chi connectivity index (χ0n) is 19.0. The lowest BCUT2D eigenvalue weighted by Crippen LogP contribution is -2.13. The molecule has 4 rings (SSSR count). The second-order valence-electron chi connectivity index (χ2n) is 8.17. The van der Waals surface area contributed by atoms with Crippen molar-refractivity contribution < 1.29 is 9.18 Å². The smallest absolute Gasteiger partial charge is 0.255 e. The maximum atomic E-state index is 13.3. The highest BCUT2D eigenvalue weighted by Gasteiger charge is 2.16. The molecule has 0 fully saturated rings. The molecule has 4 aromatic rings. The minimum Gasteiger partial charge on any atom is -0.319 e. The van der Waals surface area contributed by atoms with Gasteiger partial charge >= 0.3 is 0 Å². The van der Waals surface area contributed by atoms with Crippen LogP contribution in [0.25, 0.3) is 0 Å². The molecule has 0 saturated carbocycles. The Morgan fingerprint density at radius 1 is 0.970 bits per heavy atom. The van der Waals surface area contributed by atoms with Crippen LogP contribution in [0.3, 0.4) is 0 Å². The Hall–Kier alpha value is -3.45. The fourth-order valence-corrected chi connectivity index (χ4v) is 4.03. The van der Waals surface area contributed by atoms with Crippen molar-refractivity contribution in [1.29, 1.82) is 0 Å². The first-order chi connectivity index (χ1) is 15.7. The van der Waals surface area contributed by atoms with Crippen molar-refractivity contribution in [2.45, 2.75) is 40.8 Å². The summed E-state index contributed by atoms with van der Waals surface area (Å²) in [4.78, 5) is 12.9. The van der Waals surface area contributed by atoms with E-state index in [1.807, 2.05) is 62.7 Å². The van der Waals surface area contributed by atoms with E-state index in [9.17, 15) is 9.18 Å². The average molecular weight is 466 g/mol. The topological polar surface area (TPSA) is 64.7 Å². The summed E-state index contributed by atoms with van der Waals surface area (Å²) in [6, 6.07) is 13.8. The maximum Gasteiger partial charge on any atom is 0.255 e. The van der Waals surface area contributed by atoms with E-state index in [-0.39, 0.29) is 11.7 Å². The summed E-state index contributed by atoms with van der Waals surface area (Å²) in [5.74, 6) is -0.593. The third-order valence-electron chi connectivity index (χ3n) is 5.61. The van der Waals surface area contributed by atoms with Crippen molar-refractivity contribution in [1.82, 2.24) is 19.6 Å². The zero-order chi connectivity index (χ0) is 23.7. The number of nitrogens with one attached hydrogen (secondary N) is 1. The molecular weight excluding hydrogens is 441 g/mol. The van der Waals surface area contributed by atoms with E-state index in [0.717, 1.165) is 28.2 Å². The van der Waals surface area contributed by atoms with Crippen LogP contribution in [0.5, 0.6) is 0 Å². The zero-order valence-corrected chi connectivity index (χ0v) is 19.7. The summed E-state index contributed by atoms with van der Waals surface area (Å²) in [6.45, 7) is 8.74. The van der Waals surface area contributed by atoms with Crippen molar-refractivity contribution in [2.24, 2.45) is 0 Å². The molecule has 0 bridgehead atoms. The Bertz CT molecular complexity index is 1320. The SMILES string of the molecule is Cc1cc(C)n(Cc2ccc(C(=O)Nc3c(C)nn(Cc4ccc(F)cc4Cl)c3C)cc2)n1. The van der Waals surface area contributed by atoms with Gasteiger partial charge < -0.3 is 5.32 Å². The largest absolute Gasteiger partial charge is 0.319 e. The molecule has 0 aliphatic carbocycles. The van der Waals surface area contributed by atoms with Crippen LogP contribution < -0.4 is 5.32 Å². The van der Waals surface area contributed by atoms with Gasteiger partial charge in [0.15, 0.2) is 0 Å². The van der Waals surface area contributed by atoms with Gasteiger partial charge in [0.2, 0.25) is 0 Å². The lowest BCUT2D eigenvalue weighted by atomic mass is 10.1. The van der Waals surface area contributed by atoms with Gasteiger partial charge in [0, 0.05) is 16.3 Å². The van der Waals surface area contributed by atoms with Crippen LogP contribution in [-0.2, 0) is 13.1 Å². The van der Waals surface area contributed by atoms with Gasteiger partial charge in [-0.05, 0) is 69.2 Å². The molecule has 6 nitrogen and oxygen atoms in total. The normalized spacial score (nSPS) is 11.1. The van der Waals surface area contributed by atoms with E-state index < -0.39 is 0 Å². The fraction of sp³-hybridized carbons (Fsp3) is 0.240. The molecule has 2 heterocycles. The summed E-state index contributed by atoms with van der Waals surface area (Å²) in [7, 11) is 0. The number of aryl methyl sites for hydroxylation is 3. The lowest BCUT2D eigenvalue weighted by Gasteiger charge is -2.09. The van der Waals surface area contributed by atoms with Gasteiger partial charge in [-0.25, -0.2) is 4.39 Å². The Morgan fingerprint density at radius 2 is 1.70 bits per heavy atom. The van der Waals surface area contributed by atoms with Gasteiger partial charge in [-0.1, -0.05) is 29.8 Å². The number of hydrogen-bond donors (Lipinski definition) is 1. The molecule has 33 heavy (non-hydrogen) atoms. The van der Waals surface area contributed by atoms with E-state index in [0.29, 0.717) is 35.1 Å². The van der Waals surface area contributed by atoms with Gasteiger partial charge in [-0.15, -0.1) is 0 Å². The van der Waals surface area contributed by atoms with E-state index in [1.165, 1.54) is 12.1 Å². The van der Waals surface area contributed by atoms with Crippen LogP contribution in [0.15, 0.2) is 48.5 Å². The van der Waals surface area contributed by atoms with Gasteiger partial charge in [-0.3, -0.25) is 14.2 Å². The second kappa shape index (κ2) is 9.19. The Balaban J connectivity index is 1.47. The minimum atomic E-state index is -0.383. The van der Waals surface area contributed by atoms with Gasteiger partial charge in [-0.2, -0.15) is 10.2 Å². The van der Waals surface area contributed by atoms with Crippen molar-refractivity contribution >= 4 is 23.2 Å². The molecule has 1 amide bonds. The monoisotopic (exact) mass is 465 g/mol. The number of carbonyl (C=O) groups excluding carboxylic acids is 1. The molecule has 0 spiro atoms. The van der Waals surface area contributed by atoms with Crippen LogP contribution in [0.1, 0.15) is 44.3 Å². The van der Waals surface area contributed by atoms with Crippen LogP contribution in [0, 0.1) is 33.5 Å². The maximum absolute atomic E-state index is 13.3. The molecule has 1 N–H and O–H groups in total. The quantitative estimate of drug-likeness (QED) is 0.411. The molecule has 0 unspecified atom stereocenters. The highest BCUT2D eigenvalue weighted by molar-refractivity contribution is 6.31. The lowest BCUT2D eigenvalue weighted by molar-refractivity contribution is 0.102. The van der Waals surface area contributed by atoms with E-state index in [1.54, 1.807) is 10.7 Å². The number of nitrogens with zero attached hydrogens (tertiary/aromatic N) is 4. The number of carbonyl (C=O) groups is 1. The predicted octanol–water partition coefficient (Wildman–Crippen LogP) is 5.45. The summed E-state index contributed by atoms with van der Waals surface area (Å²) >= 11 is 6.16. The highest BCUT2D eigenvalue weighted by atomic mass is 35.5. The van der Waals surface area contributed by atoms with Crippen LogP contribution >= 0.6 is 11.6 Å². The van der Waals surface area contributed by atoms with Crippen LogP contribution in [0.2, 0.25) is 5.02 Å². The molecule has 2 aromatic carbocycles. The first kappa shape index (κ1) is 22.7. The number of aromatic nitrogens is 4. The Labute approximate surface area is 197 Å². The third-order valence-corrected chi connectivity index (χ3v) is 5.96. The average Bonchev–Trinajstić information content (AvgIpc) is 3.22. The number of hydrogen-bond acceptors (Lipinski definition) is 3. The van der Waals surface area contributed by atoms with Crippen molar-refractivity contribution in [3.05, 3.63) is 98.8 Å². The number of rotatable bonds is 6. The van der Waals surface area contributed by atoms with E-state index in [4.69, 9.17) is 11.6 Å². The molecule has 0 aliphatic heterocycles. The molecule has 2 aromatic heterocycles. The number of halogens is 2. The fourth-order valence-electron chi connectivity index (χ4n) is 3.80. The molecule has 0 atom stereocenters. The second-order valence-corrected chi connectivity index (χ2v) is 8.58. The molecule has 0 saturated heterocycles. The number of amides is 1. The molecular formula is C25H25ClFN5O. The number of anilines is 1. The van der Waals surface area contributed by atoms with Crippen molar-refractivity contribution in [2.75, 3.05) is 5.32 Å². The highest BCUT2D eigenvalue weighted by Crippen LogP contribution is 2.24. The third kappa shape index (κ3) is 4.98. The van der Waals surface area contributed by atoms with Crippen molar-refractivity contribution in [3.8, 4) is 0 Å². The number of benzene rings is 2. The van der Waals surface area contributed by atoms with Crippen LogP contribution in [-0.4, -0.2) is 25.5 Å². The Kier molecular flexibility index (Phi) is 6.33. The minimum absolute atomic E-state index is 0.210. The summed E-state index contributed by atoms with van der Waals surface area (Å²) < 4.78 is 17.0. The van der Waals surface area contributed by atoms with Crippen molar-refractivity contribution in [3.63, 3.8) is 0 Å². The molecule has 0 aliphatic rings. The van der Waals surface area contributed by atoms with E-state index in [2.05, 4.69) is 15.5 Å². The molecule has 170 valence electrons. The Morgan fingerprint density at radius 3 is 2.33 bits per heavy atom. The summed E-state index contributed by atoms with van der Waals surface area (Å²) in [6.07, 6.45) is 0. The van der Waals surface area contributed by atoms with Gasteiger partial charge in [0.1, 0.15) is 5.82 Å². The first-order valence-corrected chi connectivity index (χ1v) is 11.0. The van der Waals surface area contributed by atoms with E-state index >= 15 is 0 Å². The van der Waals surface area contributed by atoms with Gasteiger partial charge in [0.05, 0.1) is 35.9 Å². The predicted molar refractivity (Wildman–Crippen MR) is 127 cm³/mol. The van der Waals surface area contributed by atoms with Crippen LogP contribution in [0.4, 0.5) is 10.1 Å². The summed E-state index contributed by atoms with van der Waals surface area (Å²) in [5.41, 5.74) is 6.59. The standard InChI is InChI=1S/C25H25ClFN5O/c1-15-11-16(2)31(29-15)13-19-5-7-20(8-6-19)25(33)28-24-17(3)30-32(18(24)4)14-21-9-10-22(27)12-23(21)26/h5-12H,13-14H2,1-4H3,(H,28,33). The van der Waals surface area contributed by atoms with Gasteiger partial charge in [0.25, 0.3) is 5.91 Å². The first-order valence-electron chi connectivity index (χ1n) is 10.6. The summed E-state index contributed by atoms with van der Waals surface area (Å²) in [5, 5.41) is 12.3.